The molecule has 0 amide bonds. The number of phenols is 1. The number of aromatic hydroxyl groups is 1. The summed E-state index contributed by atoms with van der Waals surface area (Å²) in [6, 6.07) is 3.77. The summed E-state index contributed by atoms with van der Waals surface area (Å²) < 4.78 is 0. The average molecular weight is 185 g/mol. The summed E-state index contributed by atoms with van der Waals surface area (Å²) in [5, 5.41) is 9.91. The van der Waals surface area contributed by atoms with Gasteiger partial charge in [0.2, 0.25) is 0 Å². The fourth-order valence-corrected chi connectivity index (χ4v) is 1.44. The molecule has 0 atom stereocenters. The third-order valence-corrected chi connectivity index (χ3v) is 2.41. The van der Waals surface area contributed by atoms with Gasteiger partial charge in [-0.3, -0.25) is 0 Å². The normalized spacial score (nSPS) is 10.2. The van der Waals surface area contributed by atoms with Crippen LogP contribution in [0.15, 0.2) is 12.1 Å². The van der Waals surface area contributed by atoms with Gasteiger partial charge in [-0.15, -0.1) is 0 Å². The van der Waals surface area contributed by atoms with E-state index in [0.717, 1.165) is 24.0 Å². The minimum Gasteiger partial charge on any atom is -0.506 e. The molecule has 0 aliphatic rings. The first kappa shape index (κ1) is 9.40. The van der Waals surface area contributed by atoms with Crippen molar-refractivity contribution in [3.63, 3.8) is 0 Å². The maximum Gasteiger partial charge on any atom is 0.134 e. The summed E-state index contributed by atoms with van der Waals surface area (Å²) >= 11 is 5.87. The molecule has 1 N–H and O–H groups in total. The van der Waals surface area contributed by atoms with Gasteiger partial charge in [0.1, 0.15) is 5.75 Å². The second-order valence-corrected chi connectivity index (χ2v) is 3.17. The van der Waals surface area contributed by atoms with Crippen molar-refractivity contribution in [3.8, 4) is 5.75 Å². The summed E-state index contributed by atoms with van der Waals surface area (Å²) in [4.78, 5) is 0. The Labute approximate surface area is 78.0 Å². The first-order chi connectivity index (χ1) is 5.69. The van der Waals surface area contributed by atoms with Crippen LogP contribution in [0.1, 0.15) is 25.0 Å². The highest BCUT2D eigenvalue weighted by molar-refractivity contribution is 6.32. The molecule has 0 aromatic heterocycles. The van der Waals surface area contributed by atoms with Crippen LogP contribution in [-0.4, -0.2) is 5.11 Å². The van der Waals surface area contributed by atoms with Crippen LogP contribution in [0.2, 0.25) is 5.02 Å². The van der Waals surface area contributed by atoms with Gasteiger partial charge in [0, 0.05) is 0 Å². The molecule has 0 unspecified atom stereocenters. The zero-order valence-corrected chi connectivity index (χ0v) is 8.15. The lowest BCUT2D eigenvalue weighted by Gasteiger charge is -2.06. The van der Waals surface area contributed by atoms with E-state index in [1.165, 1.54) is 0 Å². The first-order valence-corrected chi connectivity index (χ1v) is 4.57. The summed E-state index contributed by atoms with van der Waals surface area (Å²) in [5.41, 5.74) is 2.15. The molecule has 1 aromatic rings. The third-order valence-electron chi connectivity index (χ3n) is 1.98. The van der Waals surface area contributed by atoms with Crippen molar-refractivity contribution in [2.75, 3.05) is 0 Å². The lowest BCUT2D eigenvalue weighted by atomic mass is 10.1. The van der Waals surface area contributed by atoms with Crippen LogP contribution >= 0.6 is 11.6 Å². The second-order valence-electron chi connectivity index (χ2n) is 2.80. The van der Waals surface area contributed by atoms with E-state index >= 15 is 0 Å². The van der Waals surface area contributed by atoms with Gasteiger partial charge in [0.15, 0.2) is 0 Å². The fraction of sp³-hybridized carbons (Fsp3) is 0.400. The monoisotopic (exact) mass is 184 g/mol. The van der Waals surface area contributed by atoms with Gasteiger partial charge in [-0.2, -0.15) is 0 Å². The maximum atomic E-state index is 9.41. The van der Waals surface area contributed by atoms with Crippen LogP contribution < -0.4 is 0 Å². The number of hydrogen-bond donors (Lipinski definition) is 1. The Kier molecular flexibility index (Phi) is 2.99. The van der Waals surface area contributed by atoms with Gasteiger partial charge >= 0.3 is 0 Å². The van der Waals surface area contributed by atoms with E-state index < -0.39 is 0 Å². The average Bonchev–Trinajstić information content (AvgIpc) is 2.09. The molecule has 0 saturated heterocycles. The molecular formula is C10H13ClO. The Morgan fingerprint density at radius 2 is 1.92 bits per heavy atom. The molecule has 1 nitrogen and oxygen atoms in total. The van der Waals surface area contributed by atoms with E-state index in [0.29, 0.717) is 5.02 Å². The molecule has 0 bridgehead atoms. The molecule has 0 aliphatic heterocycles. The van der Waals surface area contributed by atoms with Crippen molar-refractivity contribution in [2.45, 2.75) is 26.7 Å². The molecule has 0 aliphatic carbocycles. The summed E-state index contributed by atoms with van der Waals surface area (Å²) in [6.07, 6.45) is 1.79. The van der Waals surface area contributed by atoms with Crippen LogP contribution in [0.4, 0.5) is 0 Å². The number of benzene rings is 1. The minimum atomic E-state index is 0.202. The SMILES string of the molecule is CCc1cc(O)c(Cl)c(CC)c1. The summed E-state index contributed by atoms with van der Waals surface area (Å²) in [7, 11) is 0. The predicted molar refractivity (Wildman–Crippen MR) is 51.9 cm³/mol. The largest absolute Gasteiger partial charge is 0.506 e. The number of halogens is 1. The van der Waals surface area contributed by atoms with Gasteiger partial charge in [-0.25, -0.2) is 0 Å². The van der Waals surface area contributed by atoms with E-state index in [2.05, 4.69) is 6.92 Å². The van der Waals surface area contributed by atoms with Crippen LogP contribution in [0, 0.1) is 0 Å². The van der Waals surface area contributed by atoms with Gasteiger partial charge in [0.05, 0.1) is 5.02 Å². The van der Waals surface area contributed by atoms with Crippen molar-refractivity contribution < 1.29 is 5.11 Å². The van der Waals surface area contributed by atoms with E-state index in [-0.39, 0.29) is 5.75 Å². The van der Waals surface area contributed by atoms with E-state index in [1.54, 1.807) is 6.07 Å². The van der Waals surface area contributed by atoms with Gasteiger partial charge in [0.25, 0.3) is 0 Å². The Bertz CT molecular complexity index is 281. The molecule has 66 valence electrons. The van der Waals surface area contributed by atoms with Crippen molar-refractivity contribution in [3.05, 3.63) is 28.3 Å². The van der Waals surface area contributed by atoms with Gasteiger partial charge in [-0.05, 0) is 30.0 Å². The first-order valence-electron chi connectivity index (χ1n) is 4.19. The van der Waals surface area contributed by atoms with Gasteiger partial charge < -0.3 is 5.11 Å². The Hall–Kier alpha value is -0.690. The number of aryl methyl sites for hydroxylation is 2. The summed E-state index contributed by atoms with van der Waals surface area (Å²) in [6.45, 7) is 4.09. The van der Waals surface area contributed by atoms with Crippen molar-refractivity contribution in [1.29, 1.82) is 0 Å². The summed E-state index contributed by atoms with van der Waals surface area (Å²) in [5.74, 6) is 0.202. The van der Waals surface area contributed by atoms with E-state index in [9.17, 15) is 5.11 Å². The Balaban J connectivity index is 3.19. The van der Waals surface area contributed by atoms with E-state index in [4.69, 9.17) is 11.6 Å². The number of phenolic OH excluding ortho intramolecular Hbond substituents is 1. The maximum absolute atomic E-state index is 9.41. The topological polar surface area (TPSA) is 20.2 Å². The van der Waals surface area contributed by atoms with Crippen LogP contribution in [0.3, 0.4) is 0 Å². The molecule has 0 fully saturated rings. The van der Waals surface area contributed by atoms with Crippen molar-refractivity contribution >= 4 is 11.6 Å². The smallest absolute Gasteiger partial charge is 0.134 e. The lowest BCUT2D eigenvalue weighted by molar-refractivity contribution is 0.474. The zero-order chi connectivity index (χ0) is 9.14. The molecule has 2 heteroatoms. The second kappa shape index (κ2) is 3.81. The number of hydrogen-bond acceptors (Lipinski definition) is 1. The van der Waals surface area contributed by atoms with E-state index in [1.807, 2.05) is 13.0 Å². The molecule has 0 heterocycles. The predicted octanol–water partition coefficient (Wildman–Crippen LogP) is 3.17. The van der Waals surface area contributed by atoms with Gasteiger partial charge in [-0.1, -0.05) is 31.5 Å². The molecule has 0 spiro atoms. The number of rotatable bonds is 2. The molecule has 1 aromatic carbocycles. The molecule has 1 rings (SSSR count). The third kappa shape index (κ3) is 1.72. The standard InChI is InChI=1S/C10H13ClO/c1-3-7-5-8(4-2)10(11)9(12)6-7/h5-6,12H,3-4H2,1-2H3. The highest BCUT2D eigenvalue weighted by Gasteiger charge is 2.05. The van der Waals surface area contributed by atoms with Crippen molar-refractivity contribution in [2.24, 2.45) is 0 Å². The Morgan fingerprint density at radius 1 is 1.25 bits per heavy atom. The lowest BCUT2D eigenvalue weighted by Crippen LogP contribution is -1.87. The fourth-order valence-electron chi connectivity index (χ4n) is 1.19. The van der Waals surface area contributed by atoms with Crippen molar-refractivity contribution in [1.82, 2.24) is 0 Å². The minimum absolute atomic E-state index is 0.202. The quantitative estimate of drug-likeness (QED) is 0.749. The Morgan fingerprint density at radius 3 is 2.42 bits per heavy atom. The molecule has 0 radical (unpaired) electrons. The van der Waals surface area contributed by atoms with Crippen LogP contribution in [0.25, 0.3) is 0 Å². The highest BCUT2D eigenvalue weighted by Crippen LogP contribution is 2.29. The highest BCUT2D eigenvalue weighted by atomic mass is 35.5. The zero-order valence-electron chi connectivity index (χ0n) is 7.39. The molecule has 0 saturated carbocycles. The molecular weight excluding hydrogens is 172 g/mol. The molecule has 12 heavy (non-hydrogen) atoms. The van der Waals surface area contributed by atoms with Crippen LogP contribution in [-0.2, 0) is 12.8 Å². The van der Waals surface area contributed by atoms with Crippen LogP contribution in [0.5, 0.6) is 5.75 Å².